The van der Waals surface area contributed by atoms with Crippen molar-refractivity contribution in [1.82, 2.24) is 0 Å². The molecule has 0 spiro atoms. The maximum Gasteiger partial charge on any atom is 0.161 e. The molecular weight excluding hydrogens is 114 g/mol. The van der Waals surface area contributed by atoms with Crippen LogP contribution in [0.2, 0.25) is 0 Å². The second-order valence-electron chi connectivity index (χ2n) is 1.92. The molecule has 0 bridgehead atoms. The summed E-state index contributed by atoms with van der Waals surface area (Å²) < 4.78 is 0. The van der Waals surface area contributed by atoms with Gasteiger partial charge in [-0.25, -0.2) is 0 Å². The largest absolute Gasteiger partial charge is 0.404 e. The minimum absolute atomic E-state index is 0.0370. The average molecular weight is 125 g/mol. The highest BCUT2D eigenvalue weighted by Crippen LogP contribution is 2.04. The van der Waals surface area contributed by atoms with E-state index in [-0.39, 0.29) is 5.78 Å². The maximum atomic E-state index is 10.6. The number of Topliss-reactive ketones (excluding diaryl/α,β-unsaturated/α-hetero) is 1. The molecule has 9 heavy (non-hydrogen) atoms. The molecule has 0 saturated heterocycles. The number of rotatable bonds is 2. The molecule has 0 radical (unpaired) electrons. The number of ketones is 1. The molecule has 0 aliphatic heterocycles. The Bertz CT molecular complexity index is 152. The topological polar surface area (TPSA) is 43.1 Å². The normalized spacial score (nSPS) is 11.1. The number of carbonyl (C=O) groups excluding carboxylic acids is 1. The van der Waals surface area contributed by atoms with E-state index in [1.165, 1.54) is 13.1 Å². The van der Waals surface area contributed by atoms with Gasteiger partial charge in [-0.1, -0.05) is 6.58 Å². The molecule has 0 aliphatic rings. The second-order valence-corrected chi connectivity index (χ2v) is 1.92. The Kier molecular flexibility index (Phi) is 2.71. The van der Waals surface area contributed by atoms with Gasteiger partial charge in [-0.2, -0.15) is 0 Å². The van der Waals surface area contributed by atoms with Crippen LogP contribution < -0.4 is 5.73 Å². The maximum absolute atomic E-state index is 10.6. The molecule has 0 aromatic rings. The van der Waals surface area contributed by atoms with Crippen molar-refractivity contribution in [3.05, 3.63) is 23.9 Å². The molecule has 2 heteroatoms. The van der Waals surface area contributed by atoms with E-state index in [0.717, 1.165) is 0 Å². The fraction of sp³-hybridized carbons (Fsp3) is 0.286. The lowest BCUT2D eigenvalue weighted by Crippen LogP contribution is -2.00. The van der Waals surface area contributed by atoms with E-state index in [9.17, 15) is 4.79 Å². The molecule has 0 heterocycles. The summed E-state index contributed by atoms with van der Waals surface area (Å²) in [6.45, 7) is 6.79. The van der Waals surface area contributed by atoms with Crippen molar-refractivity contribution in [3.8, 4) is 0 Å². The van der Waals surface area contributed by atoms with Crippen LogP contribution in [0.4, 0.5) is 0 Å². The molecule has 0 amide bonds. The van der Waals surface area contributed by atoms with Crippen molar-refractivity contribution < 1.29 is 4.79 Å². The van der Waals surface area contributed by atoms with Crippen LogP contribution in [-0.2, 0) is 4.79 Å². The molecule has 0 aromatic carbocycles. The summed E-state index contributed by atoms with van der Waals surface area (Å²) in [6.07, 6.45) is 1.28. The van der Waals surface area contributed by atoms with Gasteiger partial charge in [0.25, 0.3) is 0 Å². The number of hydrogen-bond acceptors (Lipinski definition) is 2. The molecule has 0 saturated carbocycles. The Morgan fingerprint density at radius 2 is 2.00 bits per heavy atom. The lowest BCUT2D eigenvalue weighted by atomic mass is 10.1. The highest BCUT2D eigenvalue weighted by atomic mass is 16.1. The summed E-state index contributed by atoms with van der Waals surface area (Å²) in [4.78, 5) is 10.6. The van der Waals surface area contributed by atoms with E-state index < -0.39 is 0 Å². The van der Waals surface area contributed by atoms with Gasteiger partial charge in [-0.15, -0.1) is 0 Å². The van der Waals surface area contributed by atoms with Crippen molar-refractivity contribution in [3.63, 3.8) is 0 Å². The zero-order valence-electron chi connectivity index (χ0n) is 5.77. The first-order valence-corrected chi connectivity index (χ1v) is 2.68. The second kappa shape index (κ2) is 3.07. The first-order valence-electron chi connectivity index (χ1n) is 2.68. The van der Waals surface area contributed by atoms with E-state index >= 15 is 0 Å². The quantitative estimate of drug-likeness (QED) is 0.442. The van der Waals surface area contributed by atoms with Gasteiger partial charge in [0.05, 0.1) is 0 Å². The van der Waals surface area contributed by atoms with Crippen LogP contribution in [0.5, 0.6) is 0 Å². The molecule has 0 aliphatic carbocycles. The molecule has 2 N–H and O–H groups in total. The molecule has 0 rings (SSSR count). The highest BCUT2D eigenvalue weighted by molar-refractivity contribution is 5.97. The summed E-state index contributed by atoms with van der Waals surface area (Å²) in [7, 11) is 0. The minimum Gasteiger partial charge on any atom is -0.404 e. The number of nitrogens with two attached hydrogens (primary N) is 1. The van der Waals surface area contributed by atoms with Crippen LogP contribution in [0.25, 0.3) is 0 Å². The Labute approximate surface area is 55.1 Å². The molecule has 0 fully saturated rings. The Morgan fingerprint density at radius 1 is 1.56 bits per heavy atom. The smallest absolute Gasteiger partial charge is 0.161 e. The SMILES string of the molecule is C=C(C)/C(=C\N)C(C)=O. The van der Waals surface area contributed by atoms with E-state index in [0.29, 0.717) is 11.1 Å². The molecule has 50 valence electrons. The van der Waals surface area contributed by atoms with E-state index in [4.69, 9.17) is 5.73 Å². The predicted molar refractivity (Wildman–Crippen MR) is 37.8 cm³/mol. The Morgan fingerprint density at radius 3 is 2.00 bits per heavy atom. The van der Waals surface area contributed by atoms with E-state index in [2.05, 4.69) is 6.58 Å². The summed E-state index contributed by atoms with van der Waals surface area (Å²) in [5.74, 6) is -0.0370. The van der Waals surface area contributed by atoms with Gasteiger partial charge in [0.15, 0.2) is 5.78 Å². The van der Waals surface area contributed by atoms with Crippen molar-refractivity contribution in [2.75, 3.05) is 0 Å². The van der Waals surface area contributed by atoms with Crippen LogP contribution in [0, 0.1) is 0 Å². The van der Waals surface area contributed by atoms with Gasteiger partial charge in [0, 0.05) is 11.8 Å². The molecule has 2 nitrogen and oxygen atoms in total. The third kappa shape index (κ3) is 2.13. The van der Waals surface area contributed by atoms with Crippen LogP contribution >= 0.6 is 0 Å². The summed E-state index contributed by atoms with van der Waals surface area (Å²) in [5, 5.41) is 0. The first kappa shape index (κ1) is 7.95. The molecule has 0 aromatic heterocycles. The van der Waals surface area contributed by atoms with Gasteiger partial charge >= 0.3 is 0 Å². The highest BCUT2D eigenvalue weighted by Gasteiger charge is 2.00. The standard InChI is InChI=1S/C7H11NO/c1-5(2)7(4-8)6(3)9/h4H,1,8H2,2-3H3/b7-4+. The van der Waals surface area contributed by atoms with Crippen LogP contribution in [0.1, 0.15) is 13.8 Å². The van der Waals surface area contributed by atoms with Gasteiger partial charge in [0.1, 0.15) is 0 Å². The van der Waals surface area contributed by atoms with Crippen molar-refractivity contribution in [2.45, 2.75) is 13.8 Å². The first-order chi connectivity index (χ1) is 4.09. The predicted octanol–water partition coefficient (Wildman–Crippen LogP) is 0.994. The third-order valence-electron chi connectivity index (χ3n) is 1.01. The van der Waals surface area contributed by atoms with Crippen molar-refractivity contribution in [2.24, 2.45) is 5.73 Å². The molecule has 0 unspecified atom stereocenters. The minimum atomic E-state index is -0.0370. The zero-order valence-corrected chi connectivity index (χ0v) is 5.77. The van der Waals surface area contributed by atoms with Crippen molar-refractivity contribution >= 4 is 5.78 Å². The lowest BCUT2D eigenvalue weighted by molar-refractivity contribution is -0.113. The lowest BCUT2D eigenvalue weighted by Gasteiger charge is -1.97. The summed E-state index contributed by atoms with van der Waals surface area (Å²) in [5.41, 5.74) is 6.35. The van der Waals surface area contributed by atoms with Gasteiger partial charge in [-0.3, -0.25) is 4.79 Å². The number of carbonyl (C=O) groups is 1. The van der Waals surface area contributed by atoms with Crippen LogP contribution in [0.3, 0.4) is 0 Å². The van der Waals surface area contributed by atoms with Gasteiger partial charge in [0.2, 0.25) is 0 Å². The fourth-order valence-corrected chi connectivity index (χ4v) is 0.560. The average Bonchev–Trinajstić information content (AvgIpc) is 1.64. The number of hydrogen-bond donors (Lipinski definition) is 1. The van der Waals surface area contributed by atoms with E-state index in [1.54, 1.807) is 6.92 Å². The Balaban J connectivity index is 4.38. The molecule has 0 atom stereocenters. The van der Waals surface area contributed by atoms with Crippen LogP contribution in [-0.4, -0.2) is 5.78 Å². The fourth-order valence-electron chi connectivity index (χ4n) is 0.560. The van der Waals surface area contributed by atoms with Crippen molar-refractivity contribution in [1.29, 1.82) is 0 Å². The molecular formula is C7H11NO. The van der Waals surface area contributed by atoms with Gasteiger partial charge < -0.3 is 5.73 Å². The monoisotopic (exact) mass is 125 g/mol. The van der Waals surface area contributed by atoms with E-state index in [1.807, 2.05) is 0 Å². The summed E-state index contributed by atoms with van der Waals surface area (Å²) >= 11 is 0. The van der Waals surface area contributed by atoms with Gasteiger partial charge in [-0.05, 0) is 19.4 Å². The zero-order chi connectivity index (χ0) is 7.44. The summed E-state index contributed by atoms with van der Waals surface area (Å²) in [6, 6.07) is 0. The number of allylic oxidation sites excluding steroid dienone is 2. The Hall–Kier alpha value is -1.05. The van der Waals surface area contributed by atoms with Crippen LogP contribution in [0.15, 0.2) is 23.9 Å². The third-order valence-corrected chi connectivity index (χ3v) is 1.01.